The summed E-state index contributed by atoms with van der Waals surface area (Å²) < 4.78 is 6.05. The minimum absolute atomic E-state index is 0.294. The van der Waals surface area contributed by atoms with Gasteiger partial charge in [-0.1, -0.05) is 0 Å². The molecule has 0 aliphatic carbocycles. The summed E-state index contributed by atoms with van der Waals surface area (Å²) in [6.45, 7) is 2.02. The summed E-state index contributed by atoms with van der Waals surface area (Å²) >= 11 is 0. The van der Waals surface area contributed by atoms with Crippen molar-refractivity contribution in [3.05, 3.63) is 40.7 Å². The van der Waals surface area contributed by atoms with Gasteiger partial charge in [0.1, 0.15) is 12.1 Å². The zero-order valence-electron chi connectivity index (χ0n) is 9.08. The first-order valence-electron chi connectivity index (χ1n) is 4.98. The van der Waals surface area contributed by atoms with Crippen molar-refractivity contribution in [3.63, 3.8) is 0 Å². The normalized spacial score (nSPS) is 10.2. The van der Waals surface area contributed by atoms with E-state index < -0.39 is 11.7 Å². The van der Waals surface area contributed by atoms with E-state index in [0.717, 1.165) is 0 Å². The highest BCUT2D eigenvalue weighted by molar-refractivity contribution is 5.89. The van der Waals surface area contributed by atoms with Gasteiger partial charge in [0.05, 0.1) is 12.2 Å². The third kappa shape index (κ3) is 2.22. The Labute approximate surface area is 96.1 Å². The van der Waals surface area contributed by atoms with Crippen molar-refractivity contribution in [1.82, 2.24) is 19.7 Å². The van der Waals surface area contributed by atoms with E-state index >= 15 is 0 Å². The van der Waals surface area contributed by atoms with Crippen molar-refractivity contribution < 1.29 is 9.53 Å². The van der Waals surface area contributed by atoms with E-state index in [0.29, 0.717) is 18.0 Å². The summed E-state index contributed by atoms with van der Waals surface area (Å²) in [6.07, 6.45) is 2.72. The van der Waals surface area contributed by atoms with Crippen molar-refractivity contribution in [2.45, 2.75) is 6.92 Å². The molecule has 7 heteroatoms. The second-order valence-electron chi connectivity index (χ2n) is 3.15. The Morgan fingerprint density at radius 1 is 1.59 bits per heavy atom. The fourth-order valence-electron chi connectivity index (χ4n) is 1.30. The minimum atomic E-state index is -0.451. The molecule has 0 radical (unpaired) electrons. The van der Waals surface area contributed by atoms with E-state index in [-0.39, 0.29) is 0 Å². The molecule has 2 rings (SSSR count). The third-order valence-electron chi connectivity index (χ3n) is 2.06. The van der Waals surface area contributed by atoms with Crippen molar-refractivity contribution in [2.24, 2.45) is 0 Å². The Kier molecular flexibility index (Phi) is 2.99. The quantitative estimate of drug-likeness (QED) is 0.762. The van der Waals surface area contributed by atoms with E-state index in [9.17, 15) is 9.59 Å². The first kappa shape index (κ1) is 11.1. The average Bonchev–Trinajstić information content (AvgIpc) is 2.76. The molecule has 2 aromatic heterocycles. The number of nitrogens with one attached hydrogen (secondary N) is 1. The lowest BCUT2D eigenvalue weighted by atomic mass is 10.2. The lowest BCUT2D eigenvalue weighted by molar-refractivity contribution is 0.0526. The number of aromatic amines is 1. The van der Waals surface area contributed by atoms with Crippen LogP contribution in [-0.4, -0.2) is 32.3 Å². The summed E-state index contributed by atoms with van der Waals surface area (Å²) in [5.41, 5.74) is -0.0801. The summed E-state index contributed by atoms with van der Waals surface area (Å²) in [4.78, 5) is 26.8. The average molecular weight is 234 g/mol. The highest BCUT2D eigenvalue weighted by Crippen LogP contribution is 2.06. The number of esters is 1. The monoisotopic (exact) mass is 234 g/mol. The van der Waals surface area contributed by atoms with Gasteiger partial charge in [-0.2, -0.15) is 5.10 Å². The van der Waals surface area contributed by atoms with Gasteiger partial charge in [-0.05, 0) is 19.1 Å². The number of hydrogen-bond donors (Lipinski definition) is 1. The van der Waals surface area contributed by atoms with E-state index in [2.05, 4.69) is 15.2 Å². The van der Waals surface area contributed by atoms with Gasteiger partial charge in [0, 0.05) is 6.20 Å². The molecule has 88 valence electrons. The maximum atomic E-state index is 11.5. The predicted octanol–water partition coefficient (Wildman–Crippen LogP) is 0.132. The van der Waals surface area contributed by atoms with E-state index in [1.807, 2.05) is 0 Å². The Morgan fingerprint density at radius 3 is 3.06 bits per heavy atom. The Hall–Kier alpha value is -2.44. The van der Waals surface area contributed by atoms with Crippen LogP contribution in [0, 0.1) is 0 Å². The molecule has 0 saturated heterocycles. The first-order chi connectivity index (χ1) is 8.22. The number of nitrogens with zero attached hydrogens (tertiary/aromatic N) is 3. The molecule has 1 N–H and O–H groups in total. The molecule has 0 amide bonds. The summed E-state index contributed by atoms with van der Waals surface area (Å²) in [6, 6.07) is 2.99. The molecule has 2 aromatic rings. The van der Waals surface area contributed by atoms with Gasteiger partial charge in [-0.3, -0.25) is 0 Å². The Bertz CT molecular complexity index is 587. The van der Waals surface area contributed by atoms with Gasteiger partial charge < -0.3 is 4.74 Å². The molecule has 0 aromatic carbocycles. The number of carbonyl (C=O) groups excluding carboxylic acids is 1. The molecule has 0 saturated carbocycles. The standard InChI is InChI=1S/C10H10N4O3/c1-2-17-9(15)7-3-4-11-8(5-7)14-6-12-13-10(14)16/h3-6H,2H2,1H3,(H,13,16). The van der Waals surface area contributed by atoms with Gasteiger partial charge in [0.15, 0.2) is 0 Å². The minimum Gasteiger partial charge on any atom is -0.462 e. The molecule has 0 unspecified atom stereocenters. The SMILES string of the molecule is CCOC(=O)c1ccnc(-n2cn[nH]c2=O)c1. The van der Waals surface area contributed by atoms with Crippen LogP contribution in [0.1, 0.15) is 17.3 Å². The van der Waals surface area contributed by atoms with Gasteiger partial charge in [-0.15, -0.1) is 0 Å². The van der Waals surface area contributed by atoms with E-state index in [1.165, 1.54) is 29.2 Å². The van der Waals surface area contributed by atoms with Crippen molar-refractivity contribution in [2.75, 3.05) is 6.61 Å². The summed E-state index contributed by atoms with van der Waals surface area (Å²) in [7, 11) is 0. The molecule has 0 atom stereocenters. The molecule has 2 heterocycles. The lowest BCUT2D eigenvalue weighted by Gasteiger charge is -2.03. The van der Waals surface area contributed by atoms with Crippen molar-refractivity contribution >= 4 is 5.97 Å². The maximum Gasteiger partial charge on any atom is 0.348 e. The highest BCUT2D eigenvalue weighted by atomic mass is 16.5. The maximum absolute atomic E-state index is 11.5. The molecule has 17 heavy (non-hydrogen) atoms. The van der Waals surface area contributed by atoms with Gasteiger partial charge >= 0.3 is 11.7 Å². The van der Waals surface area contributed by atoms with Crippen LogP contribution in [0.3, 0.4) is 0 Å². The van der Waals surface area contributed by atoms with Crippen LogP contribution in [0.25, 0.3) is 5.82 Å². The number of aromatic nitrogens is 4. The third-order valence-corrected chi connectivity index (χ3v) is 2.06. The van der Waals surface area contributed by atoms with Gasteiger partial charge in [0.25, 0.3) is 0 Å². The highest BCUT2D eigenvalue weighted by Gasteiger charge is 2.09. The zero-order valence-corrected chi connectivity index (χ0v) is 9.08. The molecule has 0 spiro atoms. The number of pyridine rings is 1. The predicted molar refractivity (Wildman–Crippen MR) is 57.9 cm³/mol. The van der Waals surface area contributed by atoms with Gasteiger partial charge in [0.2, 0.25) is 0 Å². The molecule has 0 fully saturated rings. The van der Waals surface area contributed by atoms with E-state index in [4.69, 9.17) is 4.74 Å². The lowest BCUT2D eigenvalue weighted by Crippen LogP contribution is -2.16. The molecule has 7 nitrogen and oxygen atoms in total. The number of hydrogen-bond acceptors (Lipinski definition) is 5. The summed E-state index contributed by atoms with van der Waals surface area (Å²) in [5, 5.41) is 5.82. The number of carbonyl (C=O) groups is 1. The first-order valence-corrected chi connectivity index (χ1v) is 4.98. The smallest absolute Gasteiger partial charge is 0.348 e. The molecule has 0 aliphatic rings. The van der Waals surface area contributed by atoms with Crippen molar-refractivity contribution in [3.8, 4) is 5.82 Å². The zero-order chi connectivity index (χ0) is 12.3. The fourth-order valence-corrected chi connectivity index (χ4v) is 1.30. The van der Waals surface area contributed by atoms with Gasteiger partial charge in [-0.25, -0.2) is 24.2 Å². The molecular weight excluding hydrogens is 224 g/mol. The largest absolute Gasteiger partial charge is 0.462 e. The van der Waals surface area contributed by atoms with Crippen LogP contribution < -0.4 is 5.69 Å². The van der Waals surface area contributed by atoms with E-state index in [1.54, 1.807) is 6.92 Å². The second kappa shape index (κ2) is 4.60. The van der Waals surface area contributed by atoms with Crippen LogP contribution in [-0.2, 0) is 4.74 Å². The van der Waals surface area contributed by atoms with Crippen LogP contribution in [0.5, 0.6) is 0 Å². The van der Waals surface area contributed by atoms with Crippen LogP contribution in [0.4, 0.5) is 0 Å². The Morgan fingerprint density at radius 2 is 2.41 bits per heavy atom. The van der Waals surface area contributed by atoms with Crippen LogP contribution in [0.2, 0.25) is 0 Å². The van der Waals surface area contributed by atoms with Crippen LogP contribution in [0.15, 0.2) is 29.5 Å². The van der Waals surface area contributed by atoms with Crippen LogP contribution >= 0.6 is 0 Å². The second-order valence-corrected chi connectivity index (χ2v) is 3.15. The molecular formula is C10H10N4O3. The fraction of sp³-hybridized carbons (Fsp3) is 0.200. The number of ether oxygens (including phenoxy) is 1. The number of H-pyrrole nitrogens is 1. The molecule has 0 bridgehead atoms. The topological polar surface area (TPSA) is 89.9 Å². The number of rotatable bonds is 3. The summed E-state index contributed by atoms with van der Waals surface area (Å²) in [5.74, 6) is -0.137. The Balaban J connectivity index is 2.39. The molecule has 0 aliphatic heterocycles. The van der Waals surface area contributed by atoms with Crippen molar-refractivity contribution in [1.29, 1.82) is 0 Å².